The lowest BCUT2D eigenvalue weighted by Crippen LogP contribution is -2.31. The first-order chi connectivity index (χ1) is 14.2. The second kappa shape index (κ2) is 9.31. The molecule has 30 heavy (non-hydrogen) atoms. The molecule has 0 aliphatic rings. The summed E-state index contributed by atoms with van der Waals surface area (Å²) in [5.41, 5.74) is 2.53. The van der Waals surface area contributed by atoms with Crippen LogP contribution < -0.4 is 4.90 Å². The number of benzene rings is 2. The number of aromatic nitrogens is 1. The maximum Gasteiger partial charge on any atom is 0.260 e. The Balaban J connectivity index is 1.87. The van der Waals surface area contributed by atoms with E-state index in [1.807, 2.05) is 11.4 Å². The molecule has 0 radical (unpaired) electrons. The average molecular weight is 481 g/mol. The smallest absolute Gasteiger partial charge is 0.260 e. The first kappa shape index (κ1) is 22.5. The molecule has 3 aromatic rings. The molecule has 0 N–H and O–H groups in total. The Morgan fingerprint density at radius 1 is 1.17 bits per heavy atom. The summed E-state index contributed by atoms with van der Waals surface area (Å²) in [5.74, 6) is -0.326. The average Bonchev–Trinajstić information content (AvgIpc) is 3.17. The molecule has 9 heteroatoms. The van der Waals surface area contributed by atoms with E-state index in [0.717, 1.165) is 5.56 Å². The van der Waals surface area contributed by atoms with Crippen molar-refractivity contribution in [2.45, 2.75) is 5.75 Å². The maximum atomic E-state index is 13.1. The minimum atomic E-state index is -3.14. The summed E-state index contributed by atoms with van der Waals surface area (Å²) in [6, 6.07) is 11.8. The van der Waals surface area contributed by atoms with Crippen LogP contribution in [0.25, 0.3) is 11.3 Å². The first-order valence-corrected chi connectivity index (χ1v) is 12.5. The summed E-state index contributed by atoms with van der Waals surface area (Å²) in [4.78, 5) is 19.2. The highest BCUT2D eigenvalue weighted by molar-refractivity contribution is 7.89. The van der Waals surface area contributed by atoms with Gasteiger partial charge in [0.25, 0.3) is 5.91 Å². The van der Waals surface area contributed by atoms with Gasteiger partial charge in [-0.3, -0.25) is 9.69 Å². The van der Waals surface area contributed by atoms with Crippen molar-refractivity contribution in [3.63, 3.8) is 0 Å². The number of anilines is 1. The number of thiazole rings is 1. The van der Waals surface area contributed by atoms with Gasteiger partial charge in [-0.1, -0.05) is 47.5 Å². The number of carbonyl (C=O) groups excluding carboxylic acids is 1. The SMILES string of the molecule is C=CCN(C(=O)c1ccc(CS(C)(=O)=O)cc1)c1nc(-c2ccc(Cl)c(Cl)c2)cs1. The van der Waals surface area contributed by atoms with Crippen LogP contribution in [0.15, 0.2) is 60.5 Å². The molecular formula is C21H18Cl2N2O3S2. The monoisotopic (exact) mass is 480 g/mol. The van der Waals surface area contributed by atoms with Crippen molar-refractivity contribution in [2.24, 2.45) is 0 Å². The number of rotatable bonds is 7. The fourth-order valence-electron chi connectivity index (χ4n) is 2.76. The third-order valence-corrected chi connectivity index (χ3v) is 6.59. The van der Waals surface area contributed by atoms with Gasteiger partial charge in [0.15, 0.2) is 15.0 Å². The number of hydrogen-bond donors (Lipinski definition) is 0. The molecule has 0 saturated carbocycles. The molecule has 0 aliphatic carbocycles. The number of carbonyl (C=O) groups is 1. The molecule has 3 rings (SSSR count). The zero-order chi connectivity index (χ0) is 21.9. The first-order valence-electron chi connectivity index (χ1n) is 8.78. The summed E-state index contributed by atoms with van der Waals surface area (Å²) < 4.78 is 22.9. The molecule has 0 spiro atoms. The third-order valence-electron chi connectivity index (χ3n) is 4.12. The Morgan fingerprint density at radius 2 is 1.87 bits per heavy atom. The summed E-state index contributed by atoms with van der Waals surface area (Å²) in [6.07, 6.45) is 2.79. The van der Waals surface area contributed by atoms with E-state index in [1.165, 1.54) is 22.5 Å². The molecule has 0 saturated heterocycles. The van der Waals surface area contributed by atoms with Crippen molar-refractivity contribution in [3.05, 3.63) is 81.7 Å². The van der Waals surface area contributed by atoms with E-state index in [-0.39, 0.29) is 18.2 Å². The largest absolute Gasteiger partial charge is 0.280 e. The van der Waals surface area contributed by atoms with Crippen LogP contribution >= 0.6 is 34.5 Å². The minimum Gasteiger partial charge on any atom is -0.280 e. The van der Waals surface area contributed by atoms with Crippen LogP contribution in [0.1, 0.15) is 15.9 Å². The predicted molar refractivity (Wildman–Crippen MR) is 124 cm³/mol. The summed E-state index contributed by atoms with van der Waals surface area (Å²) in [7, 11) is -3.14. The molecule has 0 aliphatic heterocycles. The molecule has 2 aromatic carbocycles. The Bertz CT molecular complexity index is 1190. The second-order valence-electron chi connectivity index (χ2n) is 6.62. The van der Waals surface area contributed by atoms with Gasteiger partial charge in [0.2, 0.25) is 0 Å². The van der Waals surface area contributed by atoms with Gasteiger partial charge in [0, 0.05) is 29.3 Å². The fraction of sp³-hybridized carbons (Fsp3) is 0.143. The third kappa shape index (κ3) is 5.49. The molecule has 0 unspecified atom stereocenters. The Hall–Kier alpha value is -2.19. The Kier molecular flexibility index (Phi) is 6.98. The van der Waals surface area contributed by atoms with Crippen molar-refractivity contribution in [3.8, 4) is 11.3 Å². The lowest BCUT2D eigenvalue weighted by molar-refractivity contribution is 0.0989. The molecule has 1 heterocycles. The van der Waals surface area contributed by atoms with Crippen LogP contribution in [0.3, 0.4) is 0 Å². The summed E-state index contributed by atoms with van der Waals surface area (Å²) in [6.45, 7) is 4.00. The normalized spacial score (nSPS) is 11.3. The summed E-state index contributed by atoms with van der Waals surface area (Å²) >= 11 is 13.4. The zero-order valence-electron chi connectivity index (χ0n) is 16.0. The lowest BCUT2D eigenvalue weighted by atomic mass is 10.1. The van der Waals surface area contributed by atoms with Gasteiger partial charge in [-0.25, -0.2) is 13.4 Å². The van der Waals surface area contributed by atoms with Gasteiger partial charge in [-0.2, -0.15) is 0 Å². The van der Waals surface area contributed by atoms with Crippen molar-refractivity contribution < 1.29 is 13.2 Å². The maximum absolute atomic E-state index is 13.1. The summed E-state index contributed by atoms with van der Waals surface area (Å²) in [5, 5.41) is 3.24. The number of hydrogen-bond acceptors (Lipinski definition) is 5. The van der Waals surface area contributed by atoms with Crippen molar-refractivity contribution >= 4 is 55.4 Å². The fourth-order valence-corrected chi connectivity index (χ4v) is 4.69. The van der Waals surface area contributed by atoms with Gasteiger partial charge >= 0.3 is 0 Å². The number of halogens is 2. The van der Waals surface area contributed by atoms with E-state index >= 15 is 0 Å². The molecule has 5 nitrogen and oxygen atoms in total. The quantitative estimate of drug-likeness (QED) is 0.419. The predicted octanol–water partition coefficient (Wildman–Crippen LogP) is 5.49. The Labute approximate surface area is 189 Å². The molecule has 0 fully saturated rings. The van der Waals surface area contributed by atoms with Gasteiger partial charge in [0.05, 0.1) is 21.5 Å². The van der Waals surface area contributed by atoms with Crippen LogP contribution in [0, 0.1) is 0 Å². The minimum absolute atomic E-state index is 0.0721. The molecule has 156 valence electrons. The van der Waals surface area contributed by atoms with E-state index in [4.69, 9.17) is 23.2 Å². The van der Waals surface area contributed by atoms with Crippen LogP contribution in [-0.2, 0) is 15.6 Å². The van der Waals surface area contributed by atoms with Crippen molar-refractivity contribution in [1.82, 2.24) is 4.98 Å². The molecular weight excluding hydrogens is 463 g/mol. The molecule has 1 amide bonds. The van der Waals surface area contributed by atoms with Gasteiger partial charge in [-0.15, -0.1) is 17.9 Å². The number of sulfone groups is 1. The highest BCUT2D eigenvalue weighted by Gasteiger charge is 2.20. The van der Waals surface area contributed by atoms with Gasteiger partial charge in [0.1, 0.15) is 0 Å². The van der Waals surface area contributed by atoms with E-state index in [2.05, 4.69) is 11.6 Å². The Morgan fingerprint density at radius 3 is 2.47 bits per heavy atom. The van der Waals surface area contributed by atoms with Gasteiger partial charge < -0.3 is 0 Å². The van der Waals surface area contributed by atoms with E-state index in [9.17, 15) is 13.2 Å². The van der Waals surface area contributed by atoms with Crippen molar-refractivity contribution in [2.75, 3.05) is 17.7 Å². The number of nitrogens with zero attached hydrogens (tertiary/aromatic N) is 2. The van der Waals surface area contributed by atoms with Crippen LogP contribution in [0.4, 0.5) is 5.13 Å². The molecule has 0 bridgehead atoms. The second-order valence-corrected chi connectivity index (χ2v) is 10.4. The van der Waals surface area contributed by atoms with Gasteiger partial charge in [-0.05, 0) is 29.8 Å². The van der Waals surface area contributed by atoms with Crippen molar-refractivity contribution in [1.29, 1.82) is 0 Å². The highest BCUT2D eigenvalue weighted by Crippen LogP contribution is 2.32. The highest BCUT2D eigenvalue weighted by atomic mass is 35.5. The lowest BCUT2D eigenvalue weighted by Gasteiger charge is -2.18. The van der Waals surface area contributed by atoms with E-state index in [1.54, 1.807) is 42.5 Å². The van der Waals surface area contributed by atoms with Crippen LogP contribution in [-0.4, -0.2) is 32.1 Å². The topological polar surface area (TPSA) is 67.3 Å². The van der Waals surface area contributed by atoms with E-state index in [0.29, 0.717) is 32.0 Å². The number of amides is 1. The standard InChI is InChI=1S/C21H18Cl2N2O3S2/c1-3-10-25(20(26)15-6-4-14(5-7-15)13-30(2,27)28)21-24-19(12-29-21)16-8-9-17(22)18(23)11-16/h3-9,11-12H,1,10,13H2,2H3. The van der Waals surface area contributed by atoms with E-state index < -0.39 is 9.84 Å². The van der Waals surface area contributed by atoms with Crippen LogP contribution in [0.5, 0.6) is 0 Å². The molecule has 1 aromatic heterocycles. The van der Waals surface area contributed by atoms with Crippen LogP contribution in [0.2, 0.25) is 10.0 Å². The molecule has 0 atom stereocenters. The zero-order valence-corrected chi connectivity index (χ0v) is 19.2.